The largest absolute Gasteiger partial charge is 0.550 e. The highest BCUT2D eigenvalue weighted by Crippen LogP contribution is 2.62. The van der Waals surface area contributed by atoms with Gasteiger partial charge in [0.25, 0.3) is 0 Å². The molecule has 3 aliphatic rings. The molecule has 9 heteroatoms. The minimum Gasteiger partial charge on any atom is -0.550 e. The molecule has 0 spiro atoms. The monoisotopic (exact) mass is 633 g/mol. The number of ether oxygens (including phenoxy) is 1. The molecular formula is C35H63N3O5Si. The van der Waals surface area contributed by atoms with Gasteiger partial charge in [0.15, 0.2) is 0 Å². The number of nitrogens with one attached hydrogen (secondary N) is 2. The van der Waals surface area contributed by atoms with E-state index in [4.69, 9.17) is 19.1 Å². The van der Waals surface area contributed by atoms with Crippen LogP contribution in [0.15, 0.2) is 23.9 Å². The minimum absolute atomic E-state index is 0.104. The van der Waals surface area contributed by atoms with Crippen molar-refractivity contribution >= 4 is 26.2 Å². The molecule has 1 fully saturated rings. The van der Waals surface area contributed by atoms with E-state index < -0.39 is 14.3 Å². The topological polar surface area (TPSA) is 103 Å². The number of carboxylic acids is 1. The molecule has 0 aromatic rings. The molecule has 4 atom stereocenters. The Hall–Kier alpha value is -2.13. The molecule has 0 aromatic carbocycles. The van der Waals surface area contributed by atoms with E-state index >= 15 is 0 Å². The molecule has 0 saturated carbocycles. The van der Waals surface area contributed by atoms with Crippen LogP contribution in [0.1, 0.15) is 134 Å². The van der Waals surface area contributed by atoms with Gasteiger partial charge in [-0.15, -0.1) is 0 Å². The fourth-order valence-electron chi connectivity index (χ4n) is 8.87. The molecule has 2 N–H and O–H groups in total. The zero-order valence-corrected chi connectivity index (χ0v) is 30.9. The summed E-state index contributed by atoms with van der Waals surface area (Å²) in [4.78, 5) is 22.1. The smallest absolute Gasteiger partial charge is 0.351 e. The zero-order chi connectivity index (χ0) is 33.7. The summed E-state index contributed by atoms with van der Waals surface area (Å²) in [5.41, 5.74) is 1.87. The minimum atomic E-state index is -2.21. The molecule has 3 heterocycles. The van der Waals surface area contributed by atoms with E-state index in [-0.39, 0.29) is 39.8 Å². The number of unbranched alkanes of at least 4 members (excludes halogenated alkanes) is 2. The molecular weight excluding hydrogens is 570 g/mol. The van der Waals surface area contributed by atoms with Crippen LogP contribution in [0.3, 0.4) is 0 Å². The third-order valence-electron chi connectivity index (χ3n) is 9.33. The van der Waals surface area contributed by atoms with E-state index in [1.165, 1.54) is 0 Å². The van der Waals surface area contributed by atoms with Gasteiger partial charge in [0.2, 0.25) is 8.32 Å². The number of carbonyl (C=O) groups is 2. The van der Waals surface area contributed by atoms with Crippen LogP contribution in [0.25, 0.3) is 0 Å². The molecule has 3 aliphatic heterocycles. The molecule has 1 saturated heterocycles. The SMILES string of the molecule is C=CCOC(=O)C1=C(CCCCC[C@@H](C)O[Si](C(C)(C)C)(C(C)(C)C)C(C)(C)C)NC2=[N+]3[C@H](CC[C@@H]13)C[C@H](C)N2.CC(=O)[O-]. The number of rotatable bonds is 11. The lowest BCUT2D eigenvalue weighted by molar-refractivity contribution is -0.580. The standard InChI is InChI=1S/C33H59N3O3Si.C2H4O2/c1-13-21-38-29(37)28-26(35-30-34-23(2)22-25-19-20-27(28)36(25)30)18-16-14-15-17-24(3)39-40(31(4,5)6,32(7,8)9)33(10,11)12;1-2(3)4/h13,23-25,27H,1,14-22H2,2-12H3,(H,34,35,37);1H3,(H,3,4)/t23-,24+,25+,27-;/m0./s1. The molecule has 0 unspecified atom stereocenters. The second-order valence-electron chi connectivity index (χ2n) is 16.1. The highest BCUT2D eigenvalue weighted by Gasteiger charge is 2.62. The Morgan fingerprint density at radius 3 is 2.14 bits per heavy atom. The molecule has 252 valence electrons. The maximum absolute atomic E-state index is 13.2. The Morgan fingerprint density at radius 2 is 1.61 bits per heavy atom. The van der Waals surface area contributed by atoms with Crippen LogP contribution in [0.2, 0.25) is 15.1 Å². The third-order valence-corrected chi connectivity index (χ3v) is 16.4. The average Bonchev–Trinajstić information content (AvgIpc) is 3.27. The van der Waals surface area contributed by atoms with Crippen molar-refractivity contribution in [1.82, 2.24) is 10.6 Å². The summed E-state index contributed by atoms with van der Waals surface area (Å²) in [7, 11) is -2.21. The molecule has 0 radical (unpaired) electrons. The van der Waals surface area contributed by atoms with Crippen molar-refractivity contribution in [1.29, 1.82) is 0 Å². The normalized spacial score (nSPS) is 22.7. The van der Waals surface area contributed by atoms with Gasteiger partial charge in [0.1, 0.15) is 18.2 Å². The molecule has 44 heavy (non-hydrogen) atoms. The van der Waals surface area contributed by atoms with E-state index in [1.807, 2.05) is 0 Å². The summed E-state index contributed by atoms with van der Waals surface area (Å²) in [6.45, 7) is 31.0. The lowest BCUT2D eigenvalue weighted by Crippen LogP contribution is -2.62. The Balaban J connectivity index is 0.00000159. The van der Waals surface area contributed by atoms with Crippen LogP contribution in [0.4, 0.5) is 0 Å². The average molecular weight is 634 g/mol. The maximum atomic E-state index is 13.2. The molecule has 0 amide bonds. The lowest BCUT2D eigenvalue weighted by Gasteiger charge is -2.59. The van der Waals surface area contributed by atoms with Crippen LogP contribution in [-0.4, -0.2) is 61.6 Å². The summed E-state index contributed by atoms with van der Waals surface area (Å²) >= 11 is 0. The van der Waals surface area contributed by atoms with Crippen molar-refractivity contribution < 1.29 is 28.4 Å². The van der Waals surface area contributed by atoms with E-state index in [2.05, 4.69) is 97.9 Å². The van der Waals surface area contributed by atoms with Gasteiger partial charge in [-0.3, -0.25) is 9.89 Å². The van der Waals surface area contributed by atoms with Crippen LogP contribution in [0.5, 0.6) is 0 Å². The van der Waals surface area contributed by atoms with E-state index in [1.54, 1.807) is 6.08 Å². The number of hydrogen-bond donors (Lipinski definition) is 2. The van der Waals surface area contributed by atoms with Gasteiger partial charge in [0.05, 0.1) is 17.8 Å². The van der Waals surface area contributed by atoms with Crippen molar-refractivity contribution in [2.45, 2.75) is 174 Å². The second-order valence-corrected chi connectivity index (χ2v) is 22.2. The maximum Gasteiger partial charge on any atom is 0.351 e. The van der Waals surface area contributed by atoms with Crippen molar-refractivity contribution in [3.05, 3.63) is 23.9 Å². The molecule has 3 rings (SSSR count). The van der Waals surface area contributed by atoms with Gasteiger partial charge in [-0.05, 0) is 61.6 Å². The molecule has 0 bridgehead atoms. The summed E-state index contributed by atoms with van der Waals surface area (Å²) in [5, 5.41) is 16.6. The van der Waals surface area contributed by atoms with E-state index in [0.29, 0.717) is 12.1 Å². The van der Waals surface area contributed by atoms with Gasteiger partial charge in [-0.25, -0.2) is 10.1 Å². The number of carbonyl (C=O) groups excluding carboxylic acids is 2. The van der Waals surface area contributed by atoms with Gasteiger partial charge in [0, 0.05) is 24.9 Å². The van der Waals surface area contributed by atoms with Crippen LogP contribution in [0, 0.1) is 0 Å². The number of carboxylic acid groups (broad SMARTS) is 1. The summed E-state index contributed by atoms with van der Waals surface area (Å²) < 4.78 is 15.2. The predicted octanol–water partition coefficient (Wildman–Crippen LogP) is 6.31. The molecule has 0 aromatic heterocycles. The first kappa shape index (κ1) is 38.1. The Kier molecular flexibility index (Phi) is 12.9. The number of esters is 1. The van der Waals surface area contributed by atoms with E-state index in [0.717, 1.165) is 75.5 Å². The molecule has 0 aliphatic carbocycles. The van der Waals surface area contributed by atoms with Crippen molar-refractivity contribution in [2.75, 3.05) is 6.61 Å². The predicted molar refractivity (Wildman–Crippen MR) is 180 cm³/mol. The van der Waals surface area contributed by atoms with Gasteiger partial charge >= 0.3 is 11.9 Å². The van der Waals surface area contributed by atoms with Crippen molar-refractivity contribution in [2.24, 2.45) is 0 Å². The Bertz CT molecular complexity index is 1050. The number of guanidine groups is 1. The highest BCUT2D eigenvalue weighted by atomic mass is 28.4. The first-order chi connectivity index (χ1) is 20.2. The fraction of sp³-hybridized carbons (Fsp3) is 0.800. The van der Waals surface area contributed by atoms with Crippen molar-refractivity contribution in [3.63, 3.8) is 0 Å². The third kappa shape index (κ3) is 8.77. The van der Waals surface area contributed by atoms with Gasteiger partial charge < -0.3 is 19.1 Å². The quantitative estimate of drug-likeness (QED) is 0.0904. The Labute approximate surface area is 269 Å². The van der Waals surface area contributed by atoms with Gasteiger partial charge in [-0.2, -0.15) is 0 Å². The lowest BCUT2D eigenvalue weighted by atomic mass is 9.97. The number of aliphatic carboxylic acids is 1. The molecule has 8 nitrogen and oxygen atoms in total. The zero-order valence-electron chi connectivity index (χ0n) is 29.9. The highest BCUT2D eigenvalue weighted by molar-refractivity contribution is 6.82. The fourth-order valence-corrected chi connectivity index (χ4v) is 17.4. The van der Waals surface area contributed by atoms with Gasteiger partial charge in [-0.1, -0.05) is 87.8 Å². The number of nitrogens with zero attached hydrogens (tertiary/aromatic N) is 1. The van der Waals surface area contributed by atoms with E-state index in [9.17, 15) is 4.79 Å². The number of hydrogen-bond acceptors (Lipinski definition) is 7. The van der Waals surface area contributed by atoms with Crippen LogP contribution >= 0.6 is 0 Å². The van der Waals surface area contributed by atoms with Crippen LogP contribution in [-0.2, 0) is 18.8 Å². The second kappa shape index (κ2) is 15.0. The first-order valence-electron chi connectivity index (χ1n) is 16.7. The summed E-state index contributed by atoms with van der Waals surface area (Å²) in [5.74, 6) is -0.197. The Morgan fingerprint density at radius 1 is 1.05 bits per heavy atom. The summed E-state index contributed by atoms with van der Waals surface area (Å²) in [6.07, 6.45) is 10.3. The number of allylic oxidation sites excluding steroid dienone is 1. The first-order valence-corrected chi connectivity index (χ1v) is 18.6. The van der Waals surface area contributed by atoms with Crippen LogP contribution < -0.4 is 15.7 Å². The summed E-state index contributed by atoms with van der Waals surface area (Å²) in [6, 6.07) is 1.02. The van der Waals surface area contributed by atoms with Crippen molar-refractivity contribution in [3.8, 4) is 0 Å².